The van der Waals surface area contributed by atoms with Gasteiger partial charge in [-0.2, -0.15) is 0 Å². The maximum Gasteiger partial charge on any atom is 0.272 e. The first-order valence-electron chi connectivity index (χ1n) is 8.34. The summed E-state index contributed by atoms with van der Waals surface area (Å²) in [4.78, 5) is 18.8. The van der Waals surface area contributed by atoms with Crippen molar-refractivity contribution >= 4 is 28.9 Å². The lowest BCUT2D eigenvalue weighted by atomic mass is 10.2. The fourth-order valence-electron chi connectivity index (χ4n) is 2.54. The second kappa shape index (κ2) is 8.69. The summed E-state index contributed by atoms with van der Waals surface area (Å²) in [6.07, 6.45) is 3.53. The summed E-state index contributed by atoms with van der Waals surface area (Å²) in [6, 6.07) is 9.36. The van der Waals surface area contributed by atoms with Gasteiger partial charge < -0.3 is 10.2 Å². The number of benzene rings is 1. The molecule has 1 heterocycles. The summed E-state index contributed by atoms with van der Waals surface area (Å²) in [5.41, 5.74) is 3.18. The van der Waals surface area contributed by atoms with Gasteiger partial charge in [-0.15, -0.1) is 0 Å². The highest BCUT2D eigenvalue weighted by atomic mass is 35.5. The van der Waals surface area contributed by atoms with Crippen molar-refractivity contribution in [1.29, 1.82) is 0 Å². The number of amides is 1. The second-order valence-electron chi connectivity index (χ2n) is 5.76. The molecule has 0 unspecified atom stereocenters. The molecule has 0 aliphatic carbocycles. The number of halogens is 1. The van der Waals surface area contributed by atoms with Crippen LogP contribution in [-0.4, -0.2) is 28.9 Å². The predicted octanol–water partition coefficient (Wildman–Crippen LogP) is 5.05. The molecule has 0 saturated carbocycles. The zero-order chi connectivity index (χ0) is 17.5. The minimum Gasteiger partial charge on any atom is -0.355 e. The normalized spacial score (nSPS) is 10.5. The molecule has 0 spiro atoms. The van der Waals surface area contributed by atoms with E-state index in [2.05, 4.69) is 24.1 Å². The lowest BCUT2D eigenvalue weighted by molar-refractivity contribution is 0.0749. The van der Waals surface area contributed by atoms with Gasteiger partial charge in [-0.1, -0.05) is 31.5 Å². The first-order chi connectivity index (χ1) is 11.6. The molecule has 0 aliphatic heterocycles. The van der Waals surface area contributed by atoms with E-state index in [1.807, 2.05) is 36.1 Å². The first-order valence-corrected chi connectivity index (χ1v) is 8.72. The van der Waals surface area contributed by atoms with E-state index in [9.17, 15) is 4.79 Å². The zero-order valence-corrected chi connectivity index (χ0v) is 15.2. The zero-order valence-electron chi connectivity index (χ0n) is 14.5. The van der Waals surface area contributed by atoms with Gasteiger partial charge >= 0.3 is 0 Å². The standard InChI is InChI=1S/C19H24ClN3O/c1-4-11-23(12-5-2)19(24)18-13-15(9-10-21-18)22-17-8-6-7-16(20)14(17)3/h6-10,13H,4-5,11-12H2,1-3H3,(H,21,22). The van der Waals surface area contributed by atoms with E-state index >= 15 is 0 Å². The van der Waals surface area contributed by atoms with Gasteiger partial charge in [0.1, 0.15) is 5.69 Å². The molecule has 1 N–H and O–H groups in total. The number of nitrogens with zero attached hydrogens (tertiary/aromatic N) is 2. The molecule has 24 heavy (non-hydrogen) atoms. The summed E-state index contributed by atoms with van der Waals surface area (Å²) in [5, 5.41) is 4.03. The van der Waals surface area contributed by atoms with Crippen LogP contribution in [-0.2, 0) is 0 Å². The lowest BCUT2D eigenvalue weighted by Gasteiger charge is -2.21. The predicted molar refractivity (Wildman–Crippen MR) is 100 cm³/mol. The topological polar surface area (TPSA) is 45.2 Å². The molecular weight excluding hydrogens is 322 g/mol. The highest BCUT2D eigenvalue weighted by Gasteiger charge is 2.16. The van der Waals surface area contributed by atoms with Gasteiger partial charge in [0.2, 0.25) is 0 Å². The van der Waals surface area contributed by atoms with E-state index in [0.29, 0.717) is 10.7 Å². The van der Waals surface area contributed by atoms with E-state index in [4.69, 9.17) is 11.6 Å². The Morgan fingerprint density at radius 1 is 1.21 bits per heavy atom. The fourth-order valence-corrected chi connectivity index (χ4v) is 2.71. The number of aromatic nitrogens is 1. The monoisotopic (exact) mass is 345 g/mol. The Morgan fingerprint density at radius 2 is 1.92 bits per heavy atom. The van der Waals surface area contributed by atoms with Crippen molar-refractivity contribution in [2.24, 2.45) is 0 Å². The van der Waals surface area contributed by atoms with Crippen molar-refractivity contribution in [3.63, 3.8) is 0 Å². The molecule has 1 aromatic heterocycles. The van der Waals surface area contributed by atoms with Crippen molar-refractivity contribution in [2.75, 3.05) is 18.4 Å². The maximum absolute atomic E-state index is 12.7. The maximum atomic E-state index is 12.7. The fraction of sp³-hybridized carbons (Fsp3) is 0.368. The van der Waals surface area contributed by atoms with Crippen molar-refractivity contribution in [3.8, 4) is 0 Å². The van der Waals surface area contributed by atoms with Crippen LogP contribution in [0.5, 0.6) is 0 Å². The molecule has 4 nitrogen and oxygen atoms in total. The number of anilines is 2. The van der Waals surface area contributed by atoms with E-state index in [-0.39, 0.29) is 5.91 Å². The number of carbonyl (C=O) groups is 1. The molecule has 0 atom stereocenters. The molecular formula is C19H24ClN3O. The van der Waals surface area contributed by atoms with E-state index in [0.717, 1.165) is 42.9 Å². The highest BCUT2D eigenvalue weighted by molar-refractivity contribution is 6.31. The van der Waals surface area contributed by atoms with Gasteiger partial charge in [0.15, 0.2) is 0 Å². The van der Waals surface area contributed by atoms with Crippen molar-refractivity contribution < 1.29 is 4.79 Å². The summed E-state index contributed by atoms with van der Waals surface area (Å²) in [5.74, 6) is -0.0230. The van der Waals surface area contributed by atoms with Crippen LogP contribution in [0.2, 0.25) is 5.02 Å². The smallest absolute Gasteiger partial charge is 0.272 e. The molecule has 1 aromatic carbocycles. The first kappa shape index (κ1) is 18.3. The average molecular weight is 346 g/mol. The largest absolute Gasteiger partial charge is 0.355 e. The molecule has 0 bridgehead atoms. The molecule has 0 aliphatic rings. The van der Waals surface area contributed by atoms with Crippen LogP contribution < -0.4 is 5.32 Å². The van der Waals surface area contributed by atoms with Gasteiger partial charge in [-0.3, -0.25) is 9.78 Å². The minimum absolute atomic E-state index is 0.0230. The van der Waals surface area contributed by atoms with Gasteiger partial charge in [0, 0.05) is 35.7 Å². The van der Waals surface area contributed by atoms with Crippen molar-refractivity contribution in [2.45, 2.75) is 33.6 Å². The van der Waals surface area contributed by atoms with Crippen LogP contribution in [0.3, 0.4) is 0 Å². The minimum atomic E-state index is -0.0230. The van der Waals surface area contributed by atoms with Crippen LogP contribution in [0.4, 0.5) is 11.4 Å². The molecule has 2 aromatic rings. The third kappa shape index (κ3) is 4.48. The second-order valence-corrected chi connectivity index (χ2v) is 6.17. The number of rotatable bonds is 7. The average Bonchev–Trinajstić information content (AvgIpc) is 2.58. The van der Waals surface area contributed by atoms with E-state index in [1.165, 1.54) is 0 Å². The van der Waals surface area contributed by atoms with Gasteiger partial charge in [-0.25, -0.2) is 0 Å². The van der Waals surface area contributed by atoms with Crippen LogP contribution in [0, 0.1) is 6.92 Å². The number of nitrogens with one attached hydrogen (secondary N) is 1. The third-order valence-corrected chi connectivity index (χ3v) is 4.21. The number of hydrogen-bond acceptors (Lipinski definition) is 3. The highest BCUT2D eigenvalue weighted by Crippen LogP contribution is 2.26. The number of carbonyl (C=O) groups excluding carboxylic acids is 1. The van der Waals surface area contributed by atoms with Crippen molar-refractivity contribution in [1.82, 2.24) is 9.88 Å². The summed E-state index contributed by atoms with van der Waals surface area (Å²) >= 11 is 6.16. The Labute approximate surface area is 148 Å². The summed E-state index contributed by atoms with van der Waals surface area (Å²) in [7, 11) is 0. The SMILES string of the molecule is CCCN(CCC)C(=O)c1cc(Nc2cccc(Cl)c2C)ccn1. The lowest BCUT2D eigenvalue weighted by Crippen LogP contribution is -2.33. The Morgan fingerprint density at radius 3 is 2.58 bits per heavy atom. The molecule has 2 rings (SSSR count). The van der Waals surface area contributed by atoms with Crippen molar-refractivity contribution in [3.05, 3.63) is 52.8 Å². The van der Waals surface area contributed by atoms with E-state index < -0.39 is 0 Å². The Bertz CT molecular complexity index is 697. The van der Waals surface area contributed by atoms with Crippen LogP contribution in [0.15, 0.2) is 36.5 Å². The quantitative estimate of drug-likeness (QED) is 0.763. The molecule has 0 radical (unpaired) electrons. The molecule has 1 amide bonds. The Hall–Kier alpha value is -2.07. The van der Waals surface area contributed by atoms with E-state index in [1.54, 1.807) is 12.3 Å². The summed E-state index contributed by atoms with van der Waals surface area (Å²) in [6.45, 7) is 7.60. The van der Waals surface area contributed by atoms with Crippen LogP contribution >= 0.6 is 11.6 Å². The van der Waals surface area contributed by atoms with Gasteiger partial charge in [0.05, 0.1) is 0 Å². The molecule has 128 valence electrons. The molecule has 0 fully saturated rings. The van der Waals surface area contributed by atoms with Crippen LogP contribution in [0.25, 0.3) is 0 Å². The Kier molecular flexibility index (Phi) is 6.62. The Balaban J connectivity index is 2.22. The van der Waals surface area contributed by atoms with Crippen LogP contribution in [0.1, 0.15) is 42.7 Å². The van der Waals surface area contributed by atoms with Gasteiger partial charge in [-0.05, 0) is 49.6 Å². The third-order valence-electron chi connectivity index (χ3n) is 3.80. The molecule has 5 heteroatoms. The number of pyridine rings is 1. The summed E-state index contributed by atoms with van der Waals surface area (Å²) < 4.78 is 0. The van der Waals surface area contributed by atoms with Gasteiger partial charge in [0.25, 0.3) is 5.91 Å². The number of hydrogen-bond donors (Lipinski definition) is 1. The molecule has 0 saturated heterocycles.